The fourth-order valence-electron chi connectivity index (χ4n) is 3.66. The molecule has 1 aliphatic rings. The van der Waals surface area contributed by atoms with E-state index >= 15 is 0 Å². The van der Waals surface area contributed by atoms with Crippen LogP contribution in [0.1, 0.15) is 30.0 Å². The summed E-state index contributed by atoms with van der Waals surface area (Å²) in [5.41, 5.74) is 1.81. The van der Waals surface area contributed by atoms with Crippen molar-refractivity contribution < 1.29 is 34.0 Å². The van der Waals surface area contributed by atoms with Crippen molar-refractivity contribution in [3.8, 4) is 28.7 Å². The van der Waals surface area contributed by atoms with Gasteiger partial charge in [0.1, 0.15) is 23.3 Å². The molecule has 0 spiro atoms. The van der Waals surface area contributed by atoms with Gasteiger partial charge in [-0.1, -0.05) is 12.1 Å². The number of fused-ring (bicyclic) bond motifs is 1. The molecule has 0 fully saturated rings. The Hall–Kier alpha value is -2.80. The lowest BCUT2D eigenvalue weighted by molar-refractivity contribution is -0.136. The summed E-state index contributed by atoms with van der Waals surface area (Å²) >= 11 is 5.80. The van der Waals surface area contributed by atoms with Gasteiger partial charge in [-0.2, -0.15) is 0 Å². The number of aromatic hydroxyl groups is 1. The second-order valence-electron chi connectivity index (χ2n) is 7.84. The lowest BCUT2D eigenvalue weighted by atomic mass is 9.90. The molecule has 0 saturated carbocycles. The minimum absolute atomic E-state index is 0.0590. The Kier molecular flexibility index (Phi) is 6.74. The first-order chi connectivity index (χ1) is 14.7. The van der Waals surface area contributed by atoms with Crippen LogP contribution in [0.15, 0.2) is 24.3 Å². The van der Waals surface area contributed by atoms with Crippen molar-refractivity contribution in [3.05, 3.63) is 41.0 Å². The van der Waals surface area contributed by atoms with Gasteiger partial charge in [-0.15, -0.1) is 11.6 Å². The molecule has 2 atom stereocenters. The molecular weight excluding hydrogens is 424 g/mol. The first kappa shape index (κ1) is 22.9. The van der Waals surface area contributed by atoms with E-state index in [1.807, 2.05) is 13.8 Å². The third kappa shape index (κ3) is 4.77. The van der Waals surface area contributed by atoms with Crippen molar-refractivity contribution in [2.24, 2.45) is 0 Å². The van der Waals surface area contributed by atoms with Crippen LogP contribution in [0.3, 0.4) is 0 Å². The summed E-state index contributed by atoms with van der Waals surface area (Å²) in [6, 6.07) is 7.17. The highest BCUT2D eigenvalue weighted by atomic mass is 35.5. The number of carbonyl (C=O) groups is 1. The van der Waals surface area contributed by atoms with E-state index in [1.54, 1.807) is 24.3 Å². The van der Waals surface area contributed by atoms with Crippen molar-refractivity contribution >= 4 is 17.6 Å². The van der Waals surface area contributed by atoms with Crippen LogP contribution in [0.25, 0.3) is 0 Å². The van der Waals surface area contributed by atoms with Gasteiger partial charge in [0.05, 0.1) is 14.2 Å². The van der Waals surface area contributed by atoms with Crippen LogP contribution in [-0.4, -0.2) is 48.0 Å². The molecule has 0 amide bonds. The topological polar surface area (TPSA) is 94.5 Å². The highest BCUT2D eigenvalue weighted by Crippen LogP contribution is 2.52. The summed E-state index contributed by atoms with van der Waals surface area (Å²) in [5, 5.41) is 18.4. The van der Waals surface area contributed by atoms with E-state index in [4.69, 9.17) is 35.7 Å². The number of phenolic OH excluding ortho intramolecular Hbond substituents is 1. The second-order valence-corrected chi connectivity index (χ2v) is 8.37. The van der Waals surface area contributed by atoms with Gasteiger partial charge >= 0.3 is 5.97 Å². The Morgan fingerprint density at radius 1 is 1.23 bits per heavy atom. The van der Waals surface area contributed by atoms with Gasteiger partial charge in [-0.05, 0) is 50.8 Å². The first-order valence-electron chi connectivity index (χ1n) is 9.93. The summed E-state index contributed by atoms with van der Waals surface area (Å²) < 4.78 is 23.1. The molecule has 3 rings (SSSR count). The van der Waals surface area contributed by atoms with Crippen molar-refractivity contribution in [1.29, 1.82) is 0 Å². The van der Waals surface area contributed by atoms with Crippen molar-refractivity contribution in [2.45, 2.75) is 44.1 Å². The third-order valence-electron chi connectivity index (χ3n) is 5.52. The maximum atomic E-state index is 10.9. The summed E-state index contributed by atoms with van der Waals surface area (Å²) in [6.07, 6.45) is 1.63. The Morgan fingerprint density at radius 2 is 1.87 bits per heavy atom. The molecule has 168 valence electrons. The molecule has 31 heavy (non-hydrogen) atoms. The second kappa shape index (κ2) is 9.14. The first-order valence-corrected chi connectivity index (χ1v) is 10.4. The predicted molar refractivity (Wildman–Crippen MR) is 116 cm³/mol. The predicted octanol–water partition coefficient (Wildman–Crippen LogP) is 4.12. The summed E-state index contributed by atoms with van der Waals surface area (Å²) in [6.45, 7) is 4.09. The zero-order valence-corrected chi connectivity index (χ0v) is 18.8. The summed E-state index contributed by atoms with van der Waals surface area (Å²) in [4.78, 5) is 10.9. The minimum atomic E-state index is -1.04. The van der Waals surface area contributed by atoms with Gasteiger partial charge in [-0.25, -0.2) is 0 Å². The van der Waals surface area contributed by atoms with Gasteiger partial charge in [0.2, 0.25) is 11.5 Å². The van der Waals surface area contributed by atoms with E-state index in [-0.39, 0.29) is 17.9 Å². The molecular formula is C23H27ClO7. The van der Waals surface area contributed by atoms with Gasteiger partial charge in [0.15, 0.2) is 11.5 Å². The van der Waals surface area contributed by atoms with Crippen LogP contribution in [0, 0.1) is 6.92 Å². The minimum Gasteiger partial charge on any atom is -0.504 e. The third-order valence-corrected chi connectivity index (χ3v) is 5.86. The van der Waals surface area contributed by atoms with Crippen molar-refractivity contribution in [2.75, 3.05) is 20.8 Å². The van der Waals surface area contributed by atoms with Gasteiger partial charge in [0, 0.05) is 11.1 Å². The lowest BCUT2D eigenvalue weighted by Crippen LogP contribution is -2.42. The maximum Gasteiger partial charge on any atom is 0.321 e. The number of rotatable bonds is 8. The molecule has 1 heterocycles. The van der Waals surface area contributed by atoms with Crippen LogP contribution in [0.4, 0.5) is 0 Å². The largest absolute Gasteiger partial charge is 0.504 e. The van der Waals surface area contributed by atoms with Crippen LogP contribution in [0.2, 0.25) is 0 Å². The molecule has 2 unspecified atom stereocenters. The van der Waals surface area contributed by atoms with Gasteiger partial charge in [-0.3, -0.25) is 4.79 Å². The number of carboxylic acids is 1. The number of phenols is 1. The van der Waals surface area contributed by atoms with Crippen LogP contribution in [0.5, 0.6) is 28.7 Å². The number of alkyl halides is 1. The number of hydrogen-bond acceptors (Lipinski definition) is 6. The van der Waals surface area contributed by atoms with E-state index in [0.29, 0.717) is 42.3 Å². The maximum absolute atomic E-state index is 10.9. The van der Waals surface area contributed by atoms with E-state index in [1.165, 1.54) is 14.2 Å². The number of benzene rings is 2. The number of carboxylic acid groups (broad SMARTS) is 1. The Morgan fingerprint density at radius 3 is 2.45 bits per heavy atom. The Labute approximate surface area is 186 Å². The van der Waals surface area contributed by atoms with Gasteiger partial charge in [0.25, 0.3) is 0 Å². The number of aliphatic carboxylic acids is 1. The number of halogens is 1. The molecule has 2 aromatic carbocycles. The standard InChI is InChI=1S/C23H27ClO7/c1-13-16-9-10-23(2,31-19(16)21(29-4)20(28-3)18(13)25)12-30-15-7-5-14(6-8-15)11-17(24)22(26)27/h5-8,17,25H,9-12H2,1-4H3,(H,26,27). The molecule has 0 aliphatic carbocycles. The SMILES string of the molecule is COc1c(O)c(C)c2c(c1OC)OC(C)(COc1ccc(CC(Cl)C(=O)O)cc1)CC2. The number of ether oxygens (including phenoxy) is 4. The van der Waals surface area contributed by atoms with E-state index in [9.17, 15) is 9.90 Å². The fraction of sp³-hybridized carbons (Fsp3) is 0.435. The lowest BCUT2D eigenvalue weighted by Gasteiger charge is -2.37. The Balaban J connectivity index is 1.73. The molecule has 0 saturated heterocycles. The Bertz CT molecular complexity index is 958. The highest BCUT2D eigenvalue weighted by molar-refractivity contribution is 6.29. The molecule has 7 nitrogen and oxygen atoms in total. The molecule has 8 heteroatoms. The molecule has 2 aromatic rings. The average Bonchev–Trinajstić information content (AvgIpc) is 2.75. The number of hydrogen-bond donors (Lipinski definition) is 2. The van der Waals surface area contributed by atoms with E-state index in [2.05, 4.69) is 0 Å². The zero-order chi connectivity index (χ0) is 22.8. The molecule has 2 N–H and O–H groups in total. The monoisotopic (exact) mass is 450 g/mol. The quantitative estimate of drug-likeness (QED) is 0.584. The molecule has 0 bridgehead atoms. The average molecular weight is 451 g/mol. The molecule has 0 radical (unpaired) electrons. The summed E-state index contributed by atoms with van der Waals surface area (Å²) in [7, 11) is 2.98. The van der Waals surface area contributed by atoms with Gasteiger partial charge < -0.3 is 29.2 Å². The van der Waals surface area contributed by atoms with Crippen LogP contribution >= 0.6 is 11.6 Å². The van der Waals surface area contributed by atoms with Crippen molar-refractivity contribution in [3.63, 3.8) is 0 Å². The van der Waals surface area contributed by atoms with Crippen LogP contribution < -0.4 is 18.9 Å². The van der Waals surface area contributed by atoms with E-state index < -0.39 is 16.9 Å². The van der Waals surface area contributed by atoms with E-state index in [0.717, 1.165) is 11.1 Å². The number of methoxy groups -OCH3 is 2. The highest BCUT2D eigenvalue weighted by Gasteiger charge is 2.37. The normalized spacial score (nSPS) is 18.5. The zero-order valence-electron chi connectivity index (χ0n) is 18.0. The molecule has 1 aliphatic heterocycles. The smallest absolute Gasteiger partial charge is 0.321 e. The van der Waals surface area contributed by atoms with Crippen molar-refractivity contribution in [1.82, 2.24) is 0 Å². The molecule has 0 aromatic heterocycles. The van der Waals surface area contributed by atoms with Crippen LogP contribution in [-0.2, 0) is 17.6 Å². The summed E-state index contributed by atoms with van der Waals surface area (Å²) in [5.74, 6) is 0.837. The fourth-order valence-corrected chi connectivity index (χ4v) is 3.83.